The largest absolute Gasteiger partial charge is 0.491 e. The standard InChI is InChI=1S/C28H26N4O3/c1-32(17-23-10-4-8-20-7-2-3-13-26(20)23)18-24(33)19-34-25-12-5-9-21(15-25)28-30-27(31-35-28)22-11-6-14-29-16-22/h2-16,24,33H,17-19H2,1H3. The molecule has 1 unspecified atom stereocenters. The van der Waals surface area contributed by atoms with Crippen LogP contribution in [0.5, 0.6) is 5.75 Å². The van der Waals surface area contributed by atoms with Crippen molar-refractivity contribution >= 4 is 10.8 Å². The normalized spacial score (nSPS) is 12.2. The van der Waals surface area contributed by atoms with Gasteiger partial charge in [0, 0.05) is 36.6 Å². The fraction of sp³-hybridized carbons (Fsp3) is 0.179. The van der Waals surface area contributed by atoms with Crippen LogP contribution in [0.2, 0.25) is 0 Å². The maximum atomic E-state index is 10.6. The molecule has 0 amide bonds. The predicted molar refractivity (Wildman–Crippen MR) is 135 cm³/mol. The van der Waals surface area contributed by atoms with Crippen LogP contribution in [0.1, 0.15) is 5.56 Å². The summed E-state index contributed by atoms with van der Waals surface area (Å²) in [5, 5.41) is 17.1. The Morgan fingerprint density at radius 2 is 1.80 bits per heavy atom. The van der Waals surface area contributed by atoms with Gasteiger partial charge in [0.1, 0.15) is 18.5 Å². The molecular weight excluding hydrogens is 440 g/mol. The molecule has 1 N–H and O–H groups in total. The molecule has 0 bridgehead atoms. The van der Waals surface area contributed by atoms with Gasteiger partial charge in [0.15, 0.2) is 0 Å². The second-order valence-electron chi connectivity index (χ2n) is 8.49. The van der Waals surface area contributed by atoms with E-state index in [4.69, 9.17) is 9.26 Å². The molecule has 0 spiro atoms. The Labute approximate surface area is 203 Å². The first-order chi connectivity index (χ1) is 17.2. The number of rotatable bonds is 9. The first-order valence-electron chi connectivity index (χ1n) is 11.5. The number of benzene rings is 3. The minimum Gasteiger partial charge on any atom is -0.491 e. The van der Waals surface area contributed by atoms with E-state index in [9.17, 15) is 5.11 Å². The molecule has 0 aliphatic heterocycles. The average Bonchev–Trinajstić information content (AvgIpc) is 3.39. The highest BCUT2D eigenvalue weighted by Gasteiger charge is 2.14. The van der Waals surface area contributed by atoms with Crippen LogP contribution in [0.25, 0.3) is 33.6 Å². The predicted octanol–water partition coefficient (Wildman–Crippen LogP) is 4.82. The zero-order chi connectivity index (χ0) is 24.0. The van der Waals surface area contributed by atoms with Gasteiger partial charge in [-0.3, -0.25) is 9.88 Å². The fourth-order valence-corrected chi connectivity index (χ4v) is 4.06. The Hall–Kier alpha value is -4.07. The molecule has 5 aromatic rings. The quantitative estimate of drug-likeness (QED) is 0.333. The molecule has 0 fully saturated rings. The summed E-state index contributed by atoms with van der Waals surface area (Å²) in [5.41, 5.74) is 2.76. The highest BCUT2D eigenvalue weighted by atomic mass is 16.5. The lowest BCUT2D eigenvalue weighted by Crippen LogP contribution is -2.32. The molecule has 0 aliphatic carbocycles. The Kier molecular flexibility index (Phi) is 6.79. The summed E-state index contributed by atoms with van der Waals surface area (Å²) >= 11 is 0. The van der Waals surface area contributed by atoms with E-state index in [0.717, 1.165) is 17.7 Å². The third-order valence-corrected chi connectivity index (χ3v) is 5.71. The molecule has 0 saturated heterocycles. The average molecular weight is 467 g/mol. The van der Waals surface area contributed by atoms with Gasteiger partial charge in [0.2, 0.25) is 5.82 Å². The van der Waals surface area contributed by atoms with E-state index in [1.807, 2.05) is 49.5 Å². The number of aliphatic hydroxyl groups excluding tert-OH is 1. The summed E-state index contributed by atoms with van der Waals surface area (Å²) in [7, 11) is 2.00. The Morgan fingerprint density at radius 3 is 2.69 bits per heavy atom. The Balaban J connectivity index is 1.18. The SMILES string of the molecule is CN(Cc1cccc2ccccc12)CC(O)COc1cccc(-c2nc(-c3cccnc3)no2)c1. The van der Waals surface area contributed by atoms with Crippen molar-refractivity contribution in [3.05, 3.63) is 96.8 Å². The maximum absolute atomic E-state index is 10.6. The lowest BCUT2D eigenvalue weighted by Gasteiger charge is -2.21. The van der Waals surface area contributed by atoms with Gasteiger partial charge in [0.05, 0.1) is 0 Å². The van der Waals surface area contributed by atoms with E-state index in [2.05, 4.69) is 56.4 Å². The summed E-state index contributed by atoms with van der Waals surface area (Å²) in [6, 6.07) is 25.8. The van der Waals surface area contributed by atoms with Crippen molar-refractivity contribution in [2.75, 3.05) is 20.2 Å². The van der Waals surface area contributed by atoms with E-state index in [-0.39, 0.29) is 6.61 Å². The van der Waals surface area contributed by atoms with Gasteiger partial charge in [-0.05, 0) is 53.7 Å². The molecule has 5 rings (SSSR count). The van der Waals surface area contributed by atoms with E-state index in [1.54, 1.807) is 12.4 Å². The number of nitrogens with zero attached hydrogens (tertiary/aromatic N) is 4. The second-order valence-corrected chi connectivity index (χ2v) is 8.49. The van der Waals surface area contributed by atoms with Crippen LogP contribution < -0.4 is 4.74 Å². The fourth-order valence-electron chi connectivity index (χ4n) is 4.06. The van der Waals surface area contributed by atoms with Crippen LogP contribution in [0, 0.1) is 0 Å². The van der Waals surface area contributed by atoms with Gasteiger partial charge in [-0.25, -0.2) is 0 Å². The van der Waals surface area contributed by atoms with Crippen LogP contribution >= 0.6 is 0 Å². The minimum atomic E-state index is -0.640. The van der Waals surface area contributed by atoms with Crippen molar-refractivity contribution in [2.24, 2.45) is 0 Å². The van der Waals surface area contributed by atoms with Crippen LogP contribution in [0.15, 0.2) is 95.8 Å². The monoisotopic (exact) mass is 466 g/mol. The van der Waals surface area contributed by atoms with Gasteiger partial charge < -0.3 is 14.4 Å². The molecule has 2 heterocycles. The topological polar surface area (TPSA) is 84.5 Å². The number of hydrogen-bond acceptors (Lipinski definition) is 7. The maximum Gasteiger partial charge on any atom is 0.258 e. The zero-order valence-electron chi connectivity index (χ0n) is 19.4. The third kappa shape index (κ3) is 5.54. The summed E-state index contributed by atoms with van der Waals surface area (Å²) in [5.74, 6) is 1.49. The third-order valence-electron chi connectivity index (χ3n) is 5.71. The van der Waals surface area contributed by atoms with Gasteiger partial charge in [0.25, 0.3) is 5.89 Å². The number of pyridine rings is 1. The van der Waals surface area contributed by atoms with Crippen LogP contribution in [0.3, 0.4) is 0 Å². The highest BCUT2D eigenvalue weighted by Crippen LogP contribution is 2.25. The first-order valence-corrected chi connectivity index (χ1v) is 11.5. The van der Waals surface area contributed by atoms with Crippen LogP contribution in [-0.2, 0) is 6.54 Å². The van der Waals surface area contributed by atoms with Crippen molar-refractivity contribution in [2.45, 2.75) is 12.6 Å². The zero-order valence-corrected chi connectivity index (χ0v) is 19.4. The molecule has 1 atom stereocenters. The van der Waals surface area contributed by atoms with Crippen molar-refractivity contribution < 1.29 is 14.4 Å². The molecule has 7 nitrogen and oxygen atoms in total. The summed E-state index contributed by atoms with van der Waals surface area (Å²) < 4.78 is 11.3. The lowest BCUT2D eigenvalue weighted by molar-refractivity contribution is 0.0745. The van der Waals surface area contributed by atoms with Gasteiger partial charge in [-0.2, -0.15) is 4.98 Å². The number of fused-ring (bicyclic) bond motifs is 1. The minimum absolute atomic E-state index is 0.175. The number of ether oxygens (including phenoxy) is 1. The molecule has 35 heavy (non-hydrogen) atoms. The molecule has 3 aromatic carbocycles. The van der Waals surface area contributed by atoms with Crippen molar-refractivity contribution in [3.8, 4) is 28.6 Å². The number of aliphatic hydroxyl groups is 1. The van der Waals surface area contributed by atoms with Gasteiger partial charge in [-0.15, -0.1) is 0 Å². The van der Waals surface area contributed by atoms with E-state index < -0.39 is 6.10 Å². The smallest absolute Gasteiger partial charge is 0.258 e. The molecular formula is C28H26N4O3. The van der Waals surface area contributed by atoms with E-state index in [0.29, 0.717) is 24.0 Å². The summed E-state index contributed by atoms with van der Waals surface area (Å²) in [6.07, 6.45) is 2.74. The first kappa shape index (κ1) is 22.7. The van der Waals surface area contributed by atoms with E-state index in [1.165, 1.54) is 16.3 Å². The Bertz CT molecular complexity index is 1400. The van der Waals surface area contributed by atoms with Gasteiger partial charge in [-0.1, -0.05) is 53.7 Å². The molecule has 0 saturated carbocycles. The van der Waals surface area contributed by atoms with Crippen molar-refractivity contribution in [1.82, 2.24) is 20.0 Å². The van der Waals surface area contributed by atoms with Crippen molar-refractivity contribution in [3.63, 3.8) is 0 Å². The molecule has 0 aliphatic rings. The van der Waals surface area contributed by atoms with Crippen LogP contribution in [-0.4, -0.2) is 51.4 Å². The number of hydrogen-bond donors (Lipinski definition) is 1. The van der Waals surface area contributed by atoms with Crippen LogP contribution in [0.4, 0.5) is 0 Å². The lowest BCUT2D eigenvalue weighted by atomic mass is 10.0. The van der Waals surface area contributed by atoms with E-state index >= 15 is 0 Å². The van der Waals surface area contributed by atoms with Gasteiger partial charge >= 0.3 is 0 Å². The number of aromatic nitrogens is 3. The number of likely N-dealkylation sites (N-methyl/N-ethyl adjacent to an activating group) is 1. The van der Waals surface area contributed by atoms with Crippen molar-refractivity contribution in [1.29, 1.82) is 0 Å². The molecule has 7 heteroatoms. The molecule has 0 radical (unpaired) electrons. The molecule has 2 aromatic heterocycles. The highest BCUT2D eigenvalue weighted by molar-refractivity contribution is 5.85. The summed E-state index contributed by atoms with van der Waals surface area (Å²) in [4.78, 5) is 10.6. The summed E-state index contributed by atoms with van der Waals surface area (Å²) in [6.45, 7) is 1.40. The Morgan fingerprint density at radius 1 is 0.971 bits per heavy atom. The second kappa shape index (κ2) is 10.5. The molecule has 176 valence electrons.